The molecule has 1 aliphatic carbocycles. The predicted molar refractivity (Wildman–Crippen MR) is 134 cm³/mol. The molecule has 0 spiro atoms. The van der Waals surface area contributed by atoms with E-state index in [1.54, 1.807) is 16.8 Å². The summed E-state index contributed by atoms with van der Waals surface area (Å²) in [5.74, 6) is 0.931. The zero-order valence-corrected chi connectivity index (χ0v) is 19.2. The molecule has 1 saturated heterocycles. The van der Waals surface area contributed by atoms with Crippen LogP contribution < -0.4 is 20.9 Å². The number of nitrogens with one attached hydrogen (secondary N) is 3. The molecule has 3 heterocycles. The van der Waals surface area contributed by atoms with Crippen molar-refractivity contribution in [1.82, 2.24) is 25.2 Å². The standard InChI is InChI=1S/C25H20ClN7O2/c26-16-5-4-8-19(12-16)32(18-6-2-1-3-7-18)21-13-22(28-17-9-10-17)33-23(30-21)15(14-27-33)11-20-24(34)31-25(35)29-20/h1-8,11-14,17,28H,9-10H2,(H2,29,31,34,35)/b20-11-. The van der Waals surface area contributed by atoms with Gasteiger partial charge in [-0.15, -0.1) is 0 Å². The quantitative estimate of drug-likeness (QED) is 0.272. The van der Waals surface area contributed by atoms with E-state index in [0.29, 0.717) is 28.1 Å². The van der Waals surface area contributed by atoms with Crippen molar-refractivity contribution in [2.24, 2.45) is 0 Å². The minimum atomic E-state index is -0.557. The van der Waals surface area contributed by atoms with Crippen molar-refractivity contribution >= 4 is 58.3 Å². The highest BCUT2D eigenvalue weighted by Crippen LogP contribution is 2.37. The van der Waals surface area contributed by atoms with Gasteiger partial charge in [0, 0.05) is 34.1 Å². The number of carbonyl (C=O) groups excluding carboxylic acids is 2. The maximum absolute atomic E-state index is 12.1. The fourth-order valence-corrected chi connectivity index (χ4v) is 4.15. The Labute approximate surface area is 205 Å². The van der Waals surface area contributed by atoms with E-state index in [4.69, 9.17) is 16.6 Å². The molecule has 2 aromatic carbocycles. The molecule has 6 rings (SSSR count). The van der Waals surface area contributed by atoms with Crippen molar-refractivity contribution in [3.05, 3.63) is 83.1 Å². The molecule has 35 heavy (non-hydrogen) atoms. The maximum Gasteiger partial charge on any atom is 0.326 e. The summed E-state index contributed by atoms with van der Waals surface area (Å²) in [7, 11) is 0. The molecule has 1 aliphatic heterocycles. The summed E-state index contributed by atoms with van der Waals surface area (Å²) in [5.41, 5.74) is 3.03. The van der Waals surface area contributed by atoms with Gasteiger partial charge in [-0.3, -0.25) is 15.0 Å². The van der Waals surface area contributed by atoms with Crippen LogP contribution in [0.25, 0.3) is 11.7 Å². The summed E-state index contributed by atoms with van der Waals surface area (Å²) in [6.45, 7) is 0. The van der Waals surface area contributed by atoms with Crippen molar-refractivity contribution in [2.75, 3.05) is 10.2 Å². The Morgan fingerprint density at radius 1 is 1.03 bits per heavy atom. The van der Waals surface area contributed by atoms with Crippen molar-refractivity contribution < 1.29 is 9.59 Å². The van der Waals surface area contributed by atoms with Gasteiger partial charge in [0.1, 0.15) is 17.3 Å². The number of aromatic nitrogens is 3. The van der Waals surface area contributed by atoms with Gasteiger partial charge in [-0.25, -0.2) is 9.78 Å². The van der Waals surface area contributed by atoms with E-state index >= 15 is 0 Å². The predicted octanol–water partition coefficient (Wildman–Crippen LogP) is 4.61. The highest BCUT2D eigenvalue weighted by atomic mass is 35.5. The Bertz CT molecular complexity index is 1490. The molecule has 0 radical (unpaired) electrons. The number of nitrogens with zero attached hydrogens (tertiary/aromatic N) is 4. The Morgan fingerprint density at radius 2 is 1.83 bits per heavy atom. The third-order valence-electron chi connectivity index (χ3n) is 5.74. The van der Waals surface area contributed by atoms with Crippen LogP contribution in [0.4, 0.5) is 27.8 Å². The zero-order chi connectivity index (χ0) is 23.9. The second-order valence-electron chi connectivity index (χ2n) is 8.37. The van der Waals surface area contributed by atoms with Crippen LogP contribution in [-0.4, -0.2) is 32.6 Å². The first-order valence-corrected chi connectivity index (χ1v) is 11.5. The monoisotopic (exact) mass is 485 g/mol. The Balaban J connectivity index is 1.55. The molecule has 0 unspecified atom stereocenters. The number of benzene rings is 2. The van der Waals surface area contributed by atoms with E-state index in [1.165, 1.54) is 0 Å². The van der Waals surface area contributed by atoms with E-state index < -0.39 is 11.9 Å². The van der Waals surface area contributed by atoms with Crippen molar-refractivity contribution in [2.45, 2.75) is 18.9 Å². The highest BCUT2D eigenvalue weighted by Gasteiger charge is 2.26. The minimum absolute atomic E-state index is 0.142. The lowest BCUT2D eigenvalue weighted by molar-refractivity contribution is -0.115. The van der Waals surface area contributed by atoms with Gasteiger partial charge in [0.15, 0.2) is 5.65 Å². The summed E-state index contributed by atoms with van der Waals surface area (Å²) >= 11 is 6.34. The Kier molecular flexibility index (Phi) is 5.11. The van der Waals surface area contributed by atoms with Crippen LogP contribution in [0, 0.1) is 0 Å². The average Bonchev–Trinajstić information content (AvgIpc) is 3.48. The highest BCUT2D eigenvalue weighted by molar-refractivity contribution is 6.30. The lowest BCUT2D eigenvalue weighted by Gasteiger charge is -2.25. The summed E-state index contributed by atoms with van der Waals surface area (Å²) in [6.07, 6.45) is 5.37. The SMILES string of the molecule is O=C1NC(=O)/C(=C/c2cnn3c(NC4CC4)cc(N(c4ccccc4)c4cccc(Cl)c4)nc23)N1. The van der Waals surface area contributed by atoms with Crippen molar-refractivity contribution in [3.63, 3.8) is 0 Å². The number of anilines is 4. The topological polar surface area (TPSA) is 104 Å². The molecular weight excluding hydrogens is 466 g/mol. The molecule has 9 nitrogen and oxygen atoms in total. The first kappa shape index (κ1) is 21.2. The van der Waals surface area contributed by atoms with Gasteiger partial charge in [-0.2, -0.15) is 9.61 Å². The first-order valence-electron chi connectivity index (χ1n) is 11.2. The third-order valence-corrected chi connectivity index (χ3v) is 5.98. The van der Waals surface area contributed by atoms with Crippen LogP contribution in [0.3, 0.4) is 0 Å². The van der Waals surface area contributed by atoms with Crippen LogP contribution in [0.2, 0.25) is 5.02 Å². The number of halogens is 1. The summed E-state index contributed by atoms with van der Waals surface area (Å²) in [6, 6.07) is 19.2. The summed E-state index contributed by atoms with van der Waals surface area (Å²) in [5, 5.41) is 13.4. The normalized spacial score (nSPS) is 16.4. The van der Waals surface area contributed by atoms with Crippen LogP contribution in [0.15, 0.2) is 72.6 Å². The van der Waals surface area contributed by atoms with Crippen LogP contribution in [0.5, 0.6) is 0 Å². The number of carbonyl (C=O) groups is 2. The van der Waals surface area contributed by atoms with Gasteiger partial charge in [0.25, 0.3) is 5.91 Å². The van der Waals surface area contributed by atoms with E-state index in [9.17, 15) is 9.59 Å². The number of imide groups is 1. The molecule has 1 saturated carbocycles. The molecular formula is C25H20ClN7O2. The van der Waals surface area contributed by atoms with Crippen LogP contribution >= 0.6 is 11.6 Å². The number of fused-ring (bicyclic) bond motifs is 1. The minimum Gasteiger partial charge on any atom is -0.367 e. The molecule has 0 bridgehead atoms. The van der Waals surface area contributed by atoms with E-state index in [1.807, 2.05) is 65.6 Å². The number of amides is 3. The zero-order valence-electron chi connectivity index (χ0n) is 18.4. The van der Waals surface area contributed by atoms with Crippen LogP contribution in [-0.2, 0) is 4.79 Å². The van der Waals surface area contributed by atoms with E-state index in [0.717, 1.165) is 30.0 Å². The fraction of sp³-hybridized carbons (Fsp3) is 0.120. The Hall–Kier alpha value is -4.37. The molecule has 3 amide bonds. The molecule has 10 heteroatoms. The molecule has 2 fully saturated rings. The van der Waals surface area contributed by atoms with Gasteiger partial charge < -0.3 is 10.6 Å². The number of urea groups is 1. The fourth-order valence-electron chi connectivity index (χ4n) is 3.97. The Morgan fingerprint density at radius 3 is 2.54 bits per heavy atom. The van der Waals surface area contributed by atoms with E-state index in [2.05, 4.69) is 21.0 Å². The largest absolute Gasteiger partial charge is 0.367 e. The molecule has 174 valence electrons. The molecule has 4 aromatic rings. The summed E-state index contributed by atoms with van der Waals surface area (Å²) in [4.78, 5) is 30.6. The number of para-hydroxylation sites is 1. The van der Waals surface area contributed by atoms with Gasteiger partial charge in [-0.1, -0.05) is 35.9 Å². The summed E-state index contributed by atoms with van der Waals surface area (Å²) < 4.78 is 1.71. The lowest BCUT2D eigenvalue weighted by Crippen LogP contribution is -2.22. The maximum atomic E-state index is 12.1. The molecule has 2 aromatic heterocycles. The van der Waals surface area contributed by atoms with Gasteiger partial charge in [0.05, 0.1) is 6.20 Å². The number of hydrogen-bond donors (Lipinski definition) is 3. The third kappa shape index (κ3) is 4.17. The van der Waals surface area contributed by atoms with Gasteiger partial charge in [0.2, 0.25) is 0 Å². The smallest absolute Gasteiger partial charge is 0.326 e. The molecule has 0 atom stereocenters. The second kappa shape index (κ2) is 8.44. The van der Waals surface area contributed by atoms with Crippen molar-refractivity contribution in [3.8, 4) is 0 Å². The number of hydrogen-bond acceptors (Lipinski definition) is 6. The second-order valence-corrected chi connectivity index (χ2v) is 8.81. The average molecular weight is 486 g/mol. The first-order chi connectivity index (χ1) is 17.0. The van der Waals surface area contributed by atoms with Crippen LogP contribution in [0.1, 0.15) is 18.4 Å². The van der Waals surface area contributed by atoms with Gasteiger partial charge >= 0.3 is 6.03 Å². The lowest BCUT2D eigenvalue weighted by atomic mass is 10.2. The van der Waals surface area contributed by atoms with Crippen molar-refractivity contribution in [1.29, 1.82) is 0 Å². The number of rotatable bonds is 6. The molecule has 3 N–H and O–H groups in total. The van der Waals surface area contributed by atoms with E-state index in [-0.39, 0.29) is 5.70 Å². The van der Waals surface area contributed by atoms with Gasteiger partial charge in [-0.05, 0) is 49.2 Å². The molecule has 2 aliphatic rings.